The van der Waals surface area contributed by atoms with E-state index in [1.54, 1.807) is 17.0 Å². The number of carbonyl (C=O) groups is 1. The van der Waals surface area contributed by atoms with Crippen molar-refractivity contribution in [3.63, 3.8) is 0 Å². The minimum Gasteiger partial charge on any atom is -0.394 e. The second-order valence-corrected chi connectivity index (χ2v) is 4.93. The molecule has 1 N–H and O–H groups in total. The third kappa shape index (κ3) is 2.35. The number of hydrogen-bond donors (Lipinski definition) is 1. The Morgan fingerprint density at radius 1 is 1.59 bits per heavy atom. The van der Waals surface area contributed by atoms with E-state index in [1.165, 1.54) is 6.07 Å². The fraction of sp³-hybridized carbons (Fsp3) is 0.417. The lowest BCUT2D eigenvalue weighted by atomic mass is 10.1. The number of aliphatic hydroxyl groups is 1. The van der Waals surface area contributed by atoms with Crippen LogP contribution in [-0.4, -0.2) is 35.1 Å². The van der Waals surface area contributed by atoms with E-state index in [4.69, 9.17) is 0 Å². The zero-order chi connectivity index (χ0) is 12.4. The monoisotopic (exact) mass is 301 g/mol. The fourth-order valence-corrected chi connectivity index (χ4v) is 2.65. The topological polar surface area (TPSA) is 40.5 Å². The lowest BCUT2D eigenvalue weighted by molar-refractivity contribution is 0.0672. The number of benzene rings is 1. The van der Waals surface area contributed by atoms with Gasteiger partial charge in [0.15, 0.2) is 0 Å². The minimum atomic E-state index is -0.534. The van der Waals surface area contributed by atoms with Gasteiger partial charge in [-0.1, -0.05) is 6.07 Å². The summed E-state index contributed by atoms with van der Waals surface area (Å²) in [5.74, 6) is -0.889. The maximum absolute atomic E-state index is 13.6. The number of carbonyl (C=O) groups excluding carboxylic acids is 1. The van der Waals surface area contributed by atoms with Gasteiger partial charge in [-0.3, -0.25) is 4.79 Å². The van der Waals surface area contributed by atoms with Crippen molar-refractivity contribution < 1.29 is 14.3 Å². The van der Waals surface area contributed by atoms with Crippen LogP contribution in [0.5, 0.6) is 0 Å². The molecule has 1 aromatic carbocycles. The van der Waals surface area contributed by atoms with Gasteiger partial charge in [0.1, 0.15) is 5.82 Å². The van der Waals surface area contributed by atoms with Crippen molar-refractivity contribution in [2.45, 2.75) is 18.9 Å². The van der Waals surface area contributed by atoms with Crippen LogP contribution in [0.4, 0.5) is 4.39 Å². The van der Waals surface area contributed by atoms with Gasteiger partial charge in [0.25, 0.3) is 5.91 Å². The molecule has 3 nitrogen and oxygen atoms in total. The average Bonchev–Trinajstić information content (AvgIpc) is 2.76. The molecule has 1 atom stereocenters. The quantitative estimate of drug-likeness (QED) is 0.910. The SMILES string of the molecule is O=C(c1c(F)cccc1Br)N1CCCC1CO. The molecule has 17 heavy (non-hydrogen) atoms. The molecule has 1 heterocycles. The van der Waals surface area contributed by atoms with Gasteiger partial charge in [-0.25, -0.2) is 4.39 Å². The maximum atomic E-state index is 13.6. The number of amides is 1. The average molecular weight is 302 g/mol. The Morgan fingerprint density at radius 2 is 2.35 bits per heavy atom. The summed E-state index contributed by atoms with van der Waals surface area (Å²) in [5.41, 5.74) is 0.0489. The van der Waals surface area contributed by atoms with Gasteiger partial charge >= 0.3 is 0 Å². The minimum absolute atomic E-state index is 0.0489. The Morgan fingerprint density at radius 3 is 3.00 bits per heavy atom. The van der Waals surface area contributed by atoms with E-state index in [0.29, 0.717) is 11.0 Å². The van der Waals surface area contributed by atoms with Crippen LogP contribution in [0.3, 0.4) is 0 Å². The number of halogens is 2. The van der Waals surface area contributed by atoms with Gasteiger partial charge in [-0.15, -0.1) is 0 Å². The predicted octanol–water partition coefficient (Wildman–Crippen LogP) is 2.19. The number of rotatable bonds is 2. The summed E-state index contributed by atoms with van der Waals surface area (Å²) >= 11 is 3.19. The first kappa shape index (κ1) is 12.5. The van der Waals surface area contributed by atoms with E-state index in [-0.39, 0.29) is 24.1 Å². The molecule has 1 aromatic rings. The molecule has 0 saturated carbocycles. The normalized spacial score (nSPS) is 19.7. The summed E-state index contributed by atoms with van der Waals surface area (Å²) in [5, 5.41) is 9.17. The highest BCUT2D eigenvalue weighted by molar-refractivity contribution is 9.10. The van der Waals surface area contributed by atoms with Crippen molar-refractivity contribution >= 4 is 21.8 Å². The molecule has 1 saturated heterocycles. The first-order chi connectivity index (χ1) is 8.15. The van der Waals surface area contributed by atoms with Gasteiger partial charge in [-0.05, 0) is 40.9 Å². The van der Waals surface area contributed by atoms with Gasteiger partial charge in [0, 0.05) is 11.0 Å². The summed E-state index contributed by atoms with van der Waals surface area (Å²) in [4.78, 5) is 13.7. The fourth-order valence-electron chi connectivity index (χ4n) is 2.14. The van der Waals surface area contributed by atoms with Crippen molar-refractivity contribution in [2.24, 2.45) is 0 Å². The third-order valence-electron chi connectivity index (χ3n) is 3.03. The first-order valence-electron chi connectivity index (χ1n) is 5.51. The van der Waals surface area contributed by atoms with E-state index < -0.39 is 5.82 Å². The molecule has 2 rings (SSSR count). The Kier molecular flexibility index (Phi) is 3.79. The smallest absolute Gasteiger partial charge is 0.258 e. The van der Waals surface area contributed by atoms with Crippen LogP contribution in [0.2, 0.25) is 0 Å². The van der Waals surface area contributed by atoms with Crippen LogP contribution < -0.4 is 0 Å². The molecule has 0 spiro atoms. The van der Waals surface area contributed by atoms with Crippen molar-refractivity contribution in [2.75, 3.05) is 13.2 Å². The second kappa shape index (κ2) is 5.14. The summed E-state index contributed by atoms with van der Waals surface area (Å²) in [6.07, 6.45) is 1.62. The third-order valence-corrected chi connectivity index (χ3v) is 3.69. The molecule has 5 heteroatoms. The Bertz CT molecular complexity index is 418. The van der Waals surface area contributed by atoms with Crippen LogP contribution in [0.1, 0.15) is 23.2 Å². The van der Waals surface area contributed by atoms with Gasteiger partial charge < -0.3 is 10.0 Å². The molecule has 1 unspecified atom stereocenters. The van der Waals surface area contributed by atoms with E-state index in [2.05, 4.69) is 15.9 Å². The summed E-state index contributed by atoms with van der Waals surface area (Å²) in [6, 6.07) is 4.26. The number of nitrogens with zero attached hydrogens (tertiary/aromatic N) is 1. The lowest BCUT2D eigenvalue weighted by Crippen LogP contribution is -2.38. The number of aliphatic hydroxyl groups excluding tert-OH is 1. The van der Waals surface area contributed by atoms with Crippen molar-refractivity contribution in [3.8, 4) is 0 Å². The molecule has 92 valence electrons. The van der Waals surface area contributed by atoms with Crippen molar-refractivity contribution in [1.82, 2.24) is 4.90 Å². The van der Waals surface area contributed by atoms with Gasteiger partial charge in [-0.2, -0.15) is 0 Å². The summed E-state index contributed by atoms with van der Waals surface area (Å²) < 4.78 is 14.1. The van der Waals surface area contributed by atoms with E-state index in [1.807, 2.05) is 0 Å². The second-order valence-electron chi connectivity index (χ2n) is 4.07. The van der Waals surface area contributed by atoms with E-state index >= 15 is 0 Å². The number of hydrogen-bond acceptors (Lipinski definition) is 2. The molecule has 1 aliphatic heterocycles. The predicted molar refractivity (Wildman–Crippen MR) is 65.2 cm³/mol. The lowest BCUT2D eigenvalue weighted by Gasteiger charge is -2.23. The van der Waals surface area contributed by atoms with Crippen molar-refractivity contribution in [3.05, 3.63) is 34.1 Å². The zero-order valence-electron chi connectivity index (χ0n) is 9.20. The highest BCUT2D eigenvalue weighted by atomic mass is 79.9. The summed E-state index contributed by atoms with van der Waals surface area (Å²) in [6.45, 7) is 0.503. The Hall–Kier alpha value is -0.940. The summed E-state index contributed by atoms with van der Waals surface area (Å²) in [7, 11) is 0. The highest BCUT2D eigenvalue weighted by Crippen LogP contribution is 2.25. The number of likely N-dealkylation sites (tertiary alicyclic amines) is 1. The molecule has 1 amide bonds. The van der Waals surface area contributed by atoms with Crippen molar-refractivity contribution in [1.29, 1.82) is 0 Å². The molecule has 0 bridgehead atoms. The maximum Gasteiger partial charge on any atom is 0.258 e. The molecule has 0 aliphatic carbocycles. The molecule has 0 radical (unpaired) electrons. The Labute approximate surface area is 107 Å². The van der Waals surface area contributed by atoms with Crippen LogP contribution in [0, 0.1) is 5.82 Å². The largest absolute Gasteiger partial charge is 0.394 e. The molecular formula is C12H13BrFNO2. The van der Waals surface area contributed by atoms with Gasteiger partial charge in [0.2, 0.25) is 0 Å². The van der Waals surface area contributed by atoms with Crippen LogP contribution >= 0.6 is 15.9 Å². The van der Waals surface area contributed by atoms with Crippen LogP contribution in [0.25, 0.3) is 0 Å². The van der Waals surface area contributed by atoms with Crippen LogP contribution in [0.15, 0.2) is 22.7 Å². The Balaban J connectivity index is 2.31. The van der Waals surface area contributed by atoms with Gasteiger partial charge in [0.05, 0.1) is 18.2 Å². The van der Waals surface area contributed by atoms with E-state index in [9.17, 15) is 14.3 Å². The first-order valence-corrected chi connectivity index (χ1v) is 6.30. The zero-order valence-corrected chi connectivity index (χ0v) is 10.8. The van der Waals surface area contributed by atoms with E-state index in [0.717, 1.165) is 12.8 Å². The van der Waals surface area contributed by atoms with Crippen LogP contribution in [-0.2, 0) is 0 Å². The molecular weight excluding hydrogens is 289 g/mol. The molecule has 1 fully saturated rings. The standard InChI is InChI=1S/C12H13BrFNO2/c13-9-4-1-5-10(14)11(9)12(17)15-6-2-3-8(15)7-16/h1,4-5,8,16H,2-3,6-7H2. The molecule has 1 aliphatic rings. The highest BCUT2D eigenvalue weighted by Gasteiger charge is 2.31. The molecule has 0 aromatic heterocycles.